The molecule has 1 saturated carbocycles. The Kier molecular flexibility index (Phi) is 9.53. The summed E-state index contributed by atoms with van der Waals surface area (Å²) in [7, 11) is -3.68. The molecule has 0 spiro atoms. The van der Waals surface area contributed by atoms with E-state index in [-0.39, 0.29) is 16.9 Å². The average Bonchev–Trinajstić information content (AvgIpc) is 3.60. The highest BCUT2D eigenvalue weighted by Gasteiger charge is 2.28. The molecule has 4 heterocycles. The van der Waals surface area contributed by atoms with Crippen molar-refractivity contribution in [3.05, 3.63) is 63.7 Å². The van der Waals surface area contributed by atoms with E-state index in [1.165, 1.54) is 28.9 Å². The van der Waals surface area contributed by atoms with Crippen molar-refractivity contribution < 1.29 is 13.5 Å². The van der Waals surface area contributed by atoms with Crippen molar-refractivity contribution in [3.8, 4) is 32.4 Å². The van der Waals surface area contributed by atoms with Crippen molar-refractivity contribution in [2.45, 2.75) is 44.6 Å². The van der Waals surface area contributed by atoms with Crippen molar-refractivity contribution in [1.82, 2.24) is 34.6 Å². The van der Waals surface area contributed by atoms with Crippen LogP contribution in [0.25, 0.3) is 32.4 Å². The lowest BCUT2D eigenvalue weighted by atomic mass is 9.83. The lowest BCUT2D eigenvalue weighted by Crippen LogP contribution is -2.38. The molecule has 1 aliphatic carbocycles. The molecule has 5 aromatic rings. The Bertz CT molecular complexity index is 1910. The molecule has 0 saturated heterocycles. The fourth-order valence-electron chi connectivity index (χ4n) is 4.43. The van der Waals surface area contributed by atoms with Gasteiger partial charge >= 0.3 is 0 Å². The van der Waals surface area contributed by atoms with E-state index in [4.69, 9.17) is 23.1 Å². The van der Waals surface area contributed by atoms with E-state index in [0.717, 1.165) is 25.3 Å². The molecule has 1 fully saturated rings. The molecule has 0 aliphatic heterocycles. The van der Waals surface area contributed by atoms with Crippen LogP contribution >= 0.6 is 34.3 Å². The highest BCUT2D eigenvalue weighted by atomic mass is 35.5. The molecule has 0 bridgehead atoms. The van der Waals surface area contributed by atoms with Gasteiger partial charge in [-0.15, -0.1) is 22.7 Å². The van der Waals surface area contributed by atoms with Crippen LogP contribution in [-0.4, -0.2) is 56.1 Å². The van der Waals surface area contributed by atoms with Crippen LogP contribution in [0.5, 0.6) is 0 Å². The summed E-state index contributed by atoms with van der Waals surface area (Å²) in [5, 5.41) is 11.6. The van der Waals surface area contributed by atoms with Gasteiger partial charge in [0.25, 0.3) is 0 Å². The highest BCUT2D eigenvalue weighted by molar-refractivity contribution is 7.89. The number of halogens is 1. The third-order valence-corrected chi connectivity index (χ3v) is 10.3. The summed E-state index contributed by atoms with van der Waals surface area (Å²) in [6.07, 6.45) is 7.34. The summed E-state index contributed by atoms with van der Waals surface area (Å²) in [6, 6.07) is 4.94. The largest absolute Gasteiger partial charge is 0.393 e. The van der Waals surface area contributed by atoms with Crippen LogP contribution in [0.2, 0.25) is 5.15 Å². The van der Waals surface area contributed by atoms with E-state index in [1.807, 2.05) is 20.8 Å². The highest BCUT2D eigenvalue weighted by Crippen LogP contribution is 2.32. The monoisotopic (exact) mass is 671 g/mol. The van der Waals surface area contributed by atoms with E-state index in [1.54, 1.807) is 36.8 Å². The van der Waals surface area contributed by atoms with E-state index >= 15 is 0 Å². The SMILES string of the molecule is Cc1ncc(-c2nc(-c3cc(S(=O)(=O)NCC4CC(O)C4)ccc3C)cnc2N)s1.Cc1ncc(-c2nc(Cl)cnc2N)s1. The van der Waals surface area contributed by atoms with Crippen molar-refractivity contribution in [2.24, 2.45) is 5.92 Å². The lowest BCUT2D eigenvalue weighted by molar-refractivity contribution is 0.0453. The lowest BCUT2D eigenvalue weighted by Gasteiger charge is -2.31. The maximum absolute atomic E-state index is 12.8. The van der Waals surface area contributed by atoms with E-state index in [0.29, 0.717) is 58.8 Å². The number of aryl methyl sites for hydroxylation is 3. The number of hydrogen-bond acceptors (Lipinski definition) is 13. The Labute approximate surface area is 267 Å². The van der Waals surface area contributed by atoms with Gasteiger partial charge in [-0.3, -0.25) is 0 Å². The Balaban J connectivity index is 0.000000229. The third kappa shape index (κ3) is 7.36. The third-order valence-electron chi connectivity index (χ3n) is 6.85. The topological polar surface area (TPSA) is 196 Å². The molecule has 4 aromatic heterocycles. The van der Waals surface area contributed by atoms with Crippen LogP contribution < -0.4 is 16.2 Å². The van der Waals surface area contributed by atoms with Gasteiger partial charge in [-0.2, -0.15) is 0 Å². The molecule has 16 heteroatoms. The van der Waals surface area contributed by atoms with Crippen LogP contribution in [-0.2, 0) is 10.0 Å². The van der Waals surface area contributed by atoms with Crippen molar-refractivity contribution in [1.29, 1.82) is 0 Å². The molecular formula is C28H30ClN9O3S3. The van der Waals surface area contributed by atoms with Crippen molar-refractivity contribution in [2.75, 3.05) is 18.0 Å². The Morgan fingerprint density at radius 3 is 2.07 bits per heavy atom. The number of thiazole rings is 2. The average molecular weight is 672 g/mol. The van der Waals surface area contributed by atoms with E-state index in [2.05, 4.69) is 34.6 Å². The zero-order chi connectivity index (χ0) is 31.6. The van der Waals surface area contributed by atoms with Crippen LogP contribution in [0.3, 0.4) is 0 Å². The molecule has 0 atom stereocenters. The van der Waals surface area contributed by atoms with Gasteiger partial charge in [0.05, 0.1) is 48.9 Å². The van der Waals surface area contributed by atoms with Gasteiger partial charge in [0.1, 0.15) is 16.5 Å². The Morgan fingerprint density at radius 1 is 0.909 bits per heavy atom. The molecule has 44 heavy (non-hydrogen) atoms. The maximum atomic E-state index is 12.8. The number of hydrogen-bond donors (Lipinski definition) is 4. The number of nitrogens with one attached hydrogen (secondary N) is 1. The summed E-state index contributed by atoms with van der Waals surface area (Å²) in [5.74, 6) is 0.847. The summed E-state index contributed by atoms with van der Waals surface area (Å²) >= 11 is 8.71. The summed E-state index contributed by atoms with van der Waals surface area (Å²) in [5.41, 5.74) is 14.9. The number of anilines is 2. The molecule has 230 valence electrons. The van der Waals surface area contributed by atoms with Crippen LogP contribution in [0.1, 0.15) is 28.4 Å². The standard InChI is InChI=1S/C20H23N5O3S2.C8H7ClN4S/c1-11-3-4-15(30(27,28)24-8-13-5-14(26)6-13)7-16(11)17-9-23-20(21)19(25-17)18-10-22-12(2)29-18;1-4-11-2-5(14-4)7-8(10)12-3-6(9)13-7/h3-4,7,9-10,13-14,24,26H,5-6,8H2,1-2H3,(H2,21,23);2-3H,1H3,(H2,10,12). The number of nitrogen functional groups attached to an aromatic ring is 2. The second kappa shape index (κ2) is 13.2. The minimum absolute atomic E-state index is 0.164. The molecule has 6 N–H and O–H groups in total. The minimum Gasteiger partial charge on any atom is -0.393 e. The first kappa shape index (κ1) is 31.8. The van der Waals surface area contributed by atoms with Gasteiger partial charge in [-0.1, -0.05) is 17.7 Å². The molecule has 0 amide bonds. The maximum Gasteiger partial charge on any atom is 0.240 e. The molecule has 0 radical (unpaired) electrons. The first-order chi connectivity index (χ1) is 20.9. The van der Waals surface area contributed by atoms with E-state index in [9.17, 15) is 13.5 Å². The number of aliphatic hydroxyl groups excluding tert-OH is 1. The minimum atomic E-state index is -3.68. The summed E-state index contributed by atoms with van der Waals surface area (Å²) < 4.78 is 28.2. The van der Waals surface area contributed by atoms with Gasteiger partial charge in [0.15, 0.2) is 11.6 Å². The van der Waals surface area contributed by atoms with Gasteiger partial charge in [0, 0.05) is 24.5 Å². The normalized spacial score (nSPS) is 16.2. The Hall–Kier alpha value is -3.60. The number of aromatic nitrogens is 6. The van der Waals surface area contributed by atoms with Crippen LogP contribution in [0.4, 0.5) is 11.6 Å². The first-order valence-corrected chi connectivity index (χ1v) is 16.9. The number of benzene rings is 1. The quantitative estimate of drug-likeness (QED) is 0.188. The molecule has 6 rings (SSSR count). The zero-order valence-electron chi connectivity index (χ0n) is 24.0. The summed E-state index contributed by atoms with van der Waals surface area (Å²) in [4.78, 5) is 27.2. The predicted octanol–water partition coefficient (Wildman–Crippen LogP) is 4.66. The number of aliphatic hydroxyl groups is 1. The second-order valence-electron chi connectivity index (χ2n) is 10.2. The fraction of sp³-hybridized carbons (Fsp3) is 0.286. The molecule has 12 nitrogen and oxygen atoms in total. The van der Waals surface area contributed by atoms with Gasteiger partial charge in [-0.05, 0) is 57.2 Å². The van der Waals surface area contributed by atoms with Gasteiger partial charge in [0.2, 0.25) is 10.0 Å². The number of rotatable bonds is 7. The number of sulfonamides is 1. The van der Waals surface area contributed by atoms with Crippen LogP contribution in [0.15, 0.2) is 47.9 Å². The van der Waals surface area contributed by atoms with Crippen molar-refractivity contribution >= 4 is 55.9 Å². The summed E-state index contributed by atoms with van der Waals surface area (Å²) in [6.45, 7) is 6.03. The first-order valence-electron chi connectivity index (χ1n) is 13.4. The second-order valence-corrected chi connectivity index (χ2v) is 14.8. The van der Waals surface area contributed by atoms with E-state index < -0.39 is 10.0 Å². The van der Waals surface area contributed by atoms with Gasteiger partial charge in [-0.25, -0.2) is 43.0 Å². The predicted molar refractivity (Wildman–Crippen MR) is 174 cm³/mol. The molecular weight excluding hydrogens is 642 g/mol. The fourth-order valence-corrected chi connectivity index (χ4v) is 7.26. The zero-order valence-corrected chi connectivity index (χ0v) is 27.2. The Morgan fingerprint density at radius 2 is 1.50 bits per heavy atom. The number of nitrogens with zero attached hydrogens (tertiary/aromatic N) is 6. The van der Waals surface area contributed by atoms with Crippen LogP contribution in [0, 0.1) is 26.7 Å². The van der Waals surface area contributed by atoms with Gasteiger partial charge < -0.3 is 16.6 Å². The van der Waals surface area contributed by atoms with Crippen molar-refractivity contribution in [3.63, 3.8) is 0 Å². The molecule has 1 aromatic carbocycles. The molecule has 0 unspecified atom stereocenters. The molecule has 1 aliphatic rings. The smallest absolute Gasteiger partial charge is 0.240 e. The number of nitrogens with two attached hydrogens (primary N) is 2.